The van der Waals surface area contributed by atoms with Gasteiger partial charge in [0.05, 0.1) is 18.1 Å². The van der Waals surface area contributed by atoms with Crippen molar-refractivity contribution in [1.29, 1.82) is 0 Å². The van der Waals surface area contributed by atoms with E-state index in [-0.39, 0.29) is 65.7 Å². The summed E-state index contributed by atoms with van der Waals surface area (Å²) in [5.74, 6) is -2.52. The highest BCUT2D eigenvalue weighted by molar-refractivity contribution is 5.88. The number of carboxylic acids is 1. The SMILES string of the molecule is CC(CC(=O)CC(C)C1CC(O)C2(C)C3C(O)CC4C(CCC(=O)C4(C)C)C3C(=O)CC12C)C(=O)O. The first kappa shape index (κ1) is 27.4. The minimum atomic E-state index is -0.993. The van der Waals surface area contributed by atoms with E-state index in [4.69, 9.17) is 5.11 Å². The Labute approximate surface area is 214 Å². The van der Waals surface area contributed by atoms with Crippen LogP contribution >= 0.6 is 0 Å². The molecule has 4 rings (SSSR count). The molecular formula is C29H44O7. The summed E-state index contributed by atoms with van der Waals surface area (Å²) in [6.45, 7) is 11.5. The lowest BCUT2D eigenvalue weighted by Gasteiger charge is -2.63. The fraction of sp³-hybridized carbons (Fsp3) is 0.862. The van der Waals surface area contributed by atoms with Crippen LogP contribution < -0.4 is 0 Å². The minimum absolute atomic E-state index is 0.0250. The van der Waals surface area contributed by atoms with Crippen LogP contribution in [0.1, 0.15) is 86.5 Å². The number of hydrogen-bond donors (Lipinski definition) is 3. The summed E-state index contributed by atoms with van der Waals surface area (Å²) in [4.78, 5) is 50.5. The third kappa shape index (κ3) is 3.82. The molecule has 4 aliphatic carbocycles. The maximum Gasteiger partial charge on any atom is 0.306 e. The maximum atomic E-state index is 13.9. The second kappa shape index (κ2) is 9.00. The third-order valence-corrected chi connectivity index (χ3v) is 11.6. The third-order valence-electron chi connectivity index (χ3n) is 11.6. The summed E-state index contributed by atoms with van der Waals surface area (Å²) >= 11 is 0. The fourth-order valence-corrected chi connectivity index (χ4v) is 9.39. The normalized spacial score (nSPS) is 45.3. The molecule has 0 bridgehead atoms. The Bertz CT molecular complexity index is 955. The molecule has 0 aliphatic heterocycles. The predicted molar refractivity (Wildman–Crippen MR) is 133 cm³/mol. The number of aliphatic hydroxyl groups excluding tert-OH is 2. The van der Waals surface area contributed by atoms with Crippen LogP contribution in [-0.4, -0.2) is 50.8 Å². The van der Waals surface area contributed by atoms with Gasteiger partial charge in [-0.25, -0.2) is 0 Å². The molecule has 0 amide bonds. The standard InChI is InChI=1S/C29H44O7/c1-14(9-16(30)10-15(2)26(35)36)18-12-23(34)29(6)25-20(31)11-19-17(7-8-22(33)27(19,3)4)24(25)21(32)13-28(18,29)5/h14-15,17-20,23-25,31,34H,7-13H2,1-6H3,(H,35,36). The molecule has 7 nitrogen and oxygen atoms in total. The summed E-state index contributed by atoms with van der Waals surface area (Å²) in [7, 11) is 0. The van der Waals surface area contributed by atoms with Gasteiger partial charge in [0, 0.05) is 48.3 Å². The Hall–Kier alpha value is -1.60. The molecule has 0 spiro atoms. The van der Waals surface area contributed by atoms with E-state index < -0.39 is 40.3 Å². The fourth-order valence-electron chi connectivity index (χ4n) is 9.39. The lowest BCUT2D eigenvalue weighted by Crippen LogP contribution is -2.66. The number of carbonyl (C=O) groups excluding carboxylic acids is 3. The van der Waals surface area contributed by atoms with E-state index in [0.29, 0.717) is 32.1 Å². The molecule has 4 aliphatic rings. The van der Waals surface area contributed by atoms with Gasteiger partial charge in [-0.2, -0.15) is 0 Å². The van der Waals surface area contributed by atoms with Crippen LogP contribution in [0.25, 0.3) is 0 Å². The molecule has 0 heterocycles. The molecule has 0 aromatic heterocycles. The van der Waals surface area contributed by atoms with Crippen LogP contribution in [0.15, 0.2) is 0 Å². The van der Waals surface area contributed by atoms with Crippen molar-refractivity contribution < 1.29 is 34.5 Å². The van der Waals surface area contributed by atoms with Crippen LogP contribution in [0.2, 0.25) is 0 Å². The van der Waals surface area contributed by atoms with Gasteiger partial charge in [-0.1, -0.05) is 41.5 Å². The summed E-state index contributed by atoms with van der Waals surface area (Å²) < 4.78 is 0. The van der Waals surface area contributed by atoms with Gasteiger partial charge in [0.2, 0.25) is 0 Å². The Morgan fingerprint density at radius 2 is 1.67 bits per heavy atom. The van der Waals surface area contributed by atoms with Gasteiger partial charge < -0.3 is 15.3 Å². The molecule has 0 saturated heterocycles. The molecule has 3 N–H and O–H groups in total. The number of Topliss-reactive ketones (excluding diaryl/α,β-unsaturated/α-hetero) is 3. The molecule has 36 heavy (non-hydrogen) atoms. The zero-order valence-electron chi connectivity index (χ0n) is 22.6. The first-order valence-electron chi connectivity index (χ1n) is 13.7. The monoisotopic (exact) mass is 504 g/mol. The van der Waals surface area contributed by atoms with Crippen molar-refractivity contribution in [3.05, 3.63) is 0 Å². The largest absolute Gasteiger partial charge is 0.481 e. The summed E-state index contributed by atoms with van der Waals surface area (Å²) in [6, 6.07) is 0. The van der Waals surface area contributed by atoms with Gasteiger partial charge in [-0.05, 0) is 48.3 Å². The molecule has 7 heteroatoms. The van der Waals surface area contributed by atoms with Gasteiger partial charge in [0.15, 0.2) is 0 Å². The van der Waals surface area contributed by atoms with E-state index >= 15 is 0 Å². The predicted octanol–water partition coefficient (Wildman–Crippen LogP) is 3.68. The molecule has 11 unspecified atom stereocenters. The van der Waals surface area contributed by atoms with E-state index in [9.17, 15) is 29.4 Å². The van der Waals surface area contributed by atoms with Crippen molar-refractivity contribution in [1.82, 2.24) is 0 Å². The Morgan fingerprint density at radius 1 is 1.03 bits per heavy atom. The number of hydrogen-bond acceptors (Lipinski definition) is 6. The number of ketones is 3. The van der Waals surface area contributed by atoms with Crippen molar-refractivity contribution in [2.24, 2.45) is 57.7 Å². The zero-order valence-corrected chi connectivity index (χ0v) is 22.6. The highest BCUT2D eigenvalue weighted by Gasteiger charge is 2.72. The van der Waals surface area contributed by atoms with E-state index in [1.807, 2.05) is 27.7 Å². The molecule has 0 aromatic rings. The molecule has 4 fully saturated rings. The zero-order chi connectivity index (χ0) is 27.0. The van der Waals surface area contributed by atoms with Crippen LogP contribution in [0, 0.1) is 57.7 Å². The van der Waals surface area contributed by atoms with Gasteiger partial charge >= 0.3 is 5.97 Å². The Balaban J connectivity index is 1.64. The average molecular weight is 505 g/mol. The quantitative estimate of drug-likeness (QED) is 0.503. The van der Waals surface area contributed by atoms with Crippen LogP contribution in [0.3, 0.4) is 0 Å². The first-order chi connectivity index (χ1) is 16.6. The second-order valence-electron chi connectivity index (χ2n) is 13.7. The molecule has 11 atom stereocenters. The van der Waals surface area contributed by atoms with Gasteiger partial charge in [-0.3, -0.25) is 19.2 Å². The number of carbonyl (C=O) groups is 4. The molecule has 202 valence electrons. The summed E-state index contributed by atoms with van der Waals surface area (Å²) in [5.41, 5.74) is -1.86. The van der Waals surface area contributed by atoms with E-state index in [0.717, 1.165) is 0 Å². The van der Waals surface area contributed by atoms with Gasteiger partial charge in [0.1, 0.15) is 17.3 Å². The lowest BCUT2D eigenvalue weighted by atomic mass is 9.40. The molecule has 4 saturated carbocycles. The summed E-state index contributed by atoms with van der Waals surface area (Å²) in [6.07, 6.45) is 1.01. The number of aliphatic carboxylic acids is 1. The minimum Gasteiger partial charge on any atom is -0.481 e. The molecule has 0 radical (unpaired) electrons. The first-order valence-corrected chi connectivity index (χ1v) is 13.7. The van der Waals surface area contributed by atoms with Crippen molar-refractivity contribution >= 4 is 23.3 Å². The lowest BCUT2D eigenvalue weighted by molar-refractivity contribution is -0.205. The number of aliphatic hydroxyl groups is 2. The average Bonchev–Trinajstić information content (AvgIpc) is 2.97. The van der Waals surface area contributed by atoms with Crippen LogP contribution in [0.5, 0.6) is 0 Å². The second-order valence-corrected chi connectivity index (χ2v) is 13.7. The van der Waals surface area contributed by atoms with Crippen molar-refractivity contribution in [3.8, 4) is 0 Å². The number of rotatable bonds is 6. The van der Waals surface area contributed by atoms with Crippen LogP contribution in [-0.2, 0) is 19.2 Å². The Kier molecular flexibility index (Phi) is 6.86. The molecular weight excluding hydrogens is 460 g/mol. The van der Waals surface area contributed by atoms with Gasteiger partial charge in [-0.15, -0.1) is 0 Å². The van der Waals surface area contributed by atoms with Crippen molar-refractivity contribution in [2.75, 3.05) is 0 Å². The van der Waals surface area contributed by atoms with E-state index in [2.05, 4.69) is 6.92 Å². The highest BCUT2D eigenvalue weighted by atomic mass is 16.4. The number of carboxylic acid groups (broad SMARTS) is 1. The number of fused-ring (bicyclic) bond motifs is 5. The molecule has 0 aromatic carbocycles. The van der Waals surface area contributed by atoms with Crippen LogP contribution in [0.4, 0.5) is 0 Å². The smallest absolute Gasteiger partial charge is 0.306 e. The van der Waals surface area contributed by atoms with Crippen molar-refractivity contribution in [2.45, 2.75) is 98.7 Å². The Morgan fingerprint density at radius 3 is 2.28 bits per heavy atom. The van der Waals surface area contributed by atoms with E-state index in [1.165, 1.54) is 6.92 Å². The summed E-state index contributed by atoms with van der Waals surface area (Å²) in [5, 5.41) is 32.3. The highest BCUT2D eigenvalue weighted by Crippen LogP contribution is 2.71. The van der Waals surface area contributed by atoms with Gasteiger partial charge in [0.25, 0.3) is 0 Å². The van der Waals surface area contributed by atoms with Crippen molar-refractivity contribution in [3.63, 3.8) is 0 Å². The van der Waals surface area contributed by atoms with E-state index in [1.54, 1.807) is 0 Å². The maximum absolute atomic E-state index is 13.9. The topological polar surface area (TPSA) is 129 Å².